The number of aromatic nitrogens is 1. The van der Waals surface area contributed by atoms with Crippen molar-refractivity contribution >= 4 is 21.6 Å². The Balaban J connectivity index is 1.76. The van der Waals surface area contributed by atoms with Gasteiger partial charge in [-0.05, 0) is 31.2 Å². The molecule has 1 amide bonds. The van der Waals surface area contributed by atoms with E-state index in [1.165, 1.54) is 13.2 Å². The molecule has 2 aromatic heterocycles. The zero-order valence-corrected chi connectivity index (χ0v) is 17.0. The van der Waals surface area contributed by atoms with E-state index in [0.717, 1.165) is 5.56 Å². The fourth-order valence-corrected chi connectivity index (χ4v) is 4.55. The first-order valence-corrected chi connectivity index (χ1v) is 10.7. The summed E-state index contributed by atoms with van der Waals surface area (Å²) in [4.78, 5) is 19.6. The molecule has 0 saturated carbocycles. The number of carbonyl (C=O) groups is 1. The third-order valence-corrected chi connectivity index (χ3v) is 6.58. The van der Waals surface area contributed by atoms with Crippen LogP contribution in [0.5, 0.6) is 0 Å². The summed E-state index contributed by atoms with van der Waals surface area (Å²) in [5.41, 5.74) is 0.959. The highest BCUT2D eigenvalue weighted by atomic mass is 32.2. The SMILES string of the molecule is CC(=O)N1CCN(c2oc(-c3ccco3)nc2S(=O)(=O)c2ccc(C)cc2)CC1. The summed E-state index contributed by atoms with van der Waals surface area (Å²) in [6.07, 6.45) is 1.47. The molecule has 0 spiro atoms. The van der Waals surface area contributed by atoms with Gasteiger partial charge in [-0.25, -0.2) is 8.42 Å². The molecule has 0 aliphatic carbocycles. The summed E-state index contributed by atoms with van der Waals surface area (Å²) in [6.45, 7) is 5.27. The summed E-state index contributed by atoms with van der Waals surface area (Å²) >= 11 is 0. The van der Waals surface area contributed by atoms with Crippen LogP contribution in [0.4, 0.5) is 5.88 Å². The molecular weight excluding hydrogens is 394 g/mol. The molecule has 29 heavy (non-hydrogen) atoms. The second-order valence-electron chi connectivity index (χ2n) is 6.92. The van der Waals surface area contributed by atoms with Gasteiger partial charge in [-0.3, -0.25) is 4.79 Å². The number of hydrogen-bond donors (Lipinski definition) is 0. The Hall–Kier alpha value is -3.07. The van der Waals surface area contributed by atoms with E-state index in [1.807, 2.05) is 6.92 Å². The van der Waals surface area contributed by atoms with E-state index in [2.05, 4.69) is 4.98 Å². The molecule has 9 heteroatoms. The number of rotatable bonds is 4. The highest BCUT2D eigenvalue weighted by Gasteiger charge is 2.33. The van der Waals surface area contributed by atoms with E-state index in [0.29, 0.717) is 31.9 Å². The van der Waals surface area contributed by atoms with Gasteiger partial charge in [0.25, 0.3) is 5.89 Å². The van der Waals surface area contributed by atoms with Crippen LogP contribution in [0.2, 0.25) is 0 Å². The second-order valence-corrected chi connectivity index (χ2v) is 8.78. The van der Waals surface area contributed by atoms with E-state index in [9.17, 15) is 13.2 Å². The molecule has 8 nitrogen and oxygen atoms in total. The first-order valence-electron chi connectivity index (χ1n) is 9.23. The molecular formula is C20H21N3O5S. The number of benzene rings is 1. The van der Waals surface area contributed by atoms with Crippen molar-refractivity contribution in [3.8, 4) is 11.7 Å². The largest absolute Gasteiger partial charge is 0.459 e. The number of nitrogens with zero attached hydrogens (tertiary/aromatic N) is 3. The van der Waals surface area contributed by atoms with Crippen molar-refractivity contribution in [2.45, 2.75) is 23.8 Å². The minimum Gasteiger partial charge on any atom is -0.459 e. The zero-order chi connectivity index (χ0) is 20.6. The van der Waals surface area contributed by atoms with Crippen LogP contribution in [-0.2, 0) is 14.6 Å². The predicted molar refractivity (Wildman–Crippen MR) is 105 cm³/mol. The smallest absolute Gasteiger partial charge is 0.266 e. The summed E-state index contributed by atoms with van der Waals surface area (Å²) < 4.78 is 37.8. The standard InChI is InChI=1S/C20H21N3O5S/c1-14-5-7-16(8-6-14)29(25,26)19-20(23-11-9-22(10-12-23)15(2)24)28-18(21-19)17-4-3-13-27-17/h3-8,13H,9-12H2,1-2H3. The van der Waals surface area contributed by atoms with Gasteiger partial charge in [0.15, 0.2) is 5.76 Å². The molecule has 1 fully saturated rings. The third-order valence-electron chi connectivity index (χ3n) is 4.91. The average molecular weight is 415 g/mol. The van der Waals surface area contributed by atoms with Crippen LogP contribution in [0.25, 0.3) is 11.7 Å². The maximum atomic E-state index is 13.3. The molecule has 0 bridgehead atoms. The van der Waals surface area contributed by atoms with Crippen molar-refractivity contribution in [1.29, 1.82) is 0 Å². The number of carbonyl (C=O) groups excluding carboxylic acids is 1. The van der Waals surface area contributed by atoms with Gasteiger partial charge in [-0.1, -0.05) is 17.7 Å². The maximum Gasteiger partial charge on any atom is 0.266 e. The van der Waals surface area contributed by atoms with Gasteiger partial charge in [0.1, 0.15) is 0 Å². The third kappa shape index (κ3) is 3.65. The van der Waals surface area contributed by atoms with Crippen LogP contribution in [0.1, 0.15) is 12.5 Å². The molecule has 0 radical (unpaired) electrons. The lowest BCUT2D eigenvalue weighted by Crippen LogP contribution is -2.48. The first kappa shape index (κ1) is 19.3. The maximum absolute atomic E-state index is 13.3. The minimum absolute atomic E-state index is 0.00834. The lowest BCUT2D eigenvalue weighted by Gasteiger charge is -2.34. The normalized spacial score (nSPS) is 15.0. The van der Waals surface area contributed by atoms with Crippen molar-refractivity contribution < 1.29 is 22.0 Å². The topological polar surface area (TPSA) is 96.9 Å². The molecule has 152 valence electrons. The monoisotopic (exact) mass is 415 g/mol. The van der Waals surface area contributed by atoms with Gasteiger partial charge in [0.05, 0.1) is 11.2 Å². The van der Waals surface area contributed by atoms with Crippen molar-refractivity contribution in [3.05, 3.63) is 48.2 Å². The molecule has 1 aliphatic heterocycles. The quantitative estimate of drug-likeness (QED) is 0.646. The van der Waals surface area contributed by atoms with Crippen LogP contribution >= 0.6 is 0 Å². The molecule has 0 unspecified atom stereocenters. The number of hydrogen-bond acceptors (Lipinski definition) is 7. The van der Waals surface area contributed by atoms with Crippen molar-refractivity contribution in [2.24, 2.45) is 0 Å². The molecule has 1 aromatic carbocycles. The van der Waals surface area contributed by atoms with Crippen LogP contribution in [0.15, 0.2) is 61.4 Å². The van der Waals surface area contributed by atoms with Crippen LogP contribution in [0.3, 0.4) is 0 Å². The number of piperazine rings is 1. The molecule has 4 rings (SSSR count). The van der Waals surface area contributed by atoms with Crippen LogP contribution < -0.4 is 4.90 Å². The summed E-state index contributed by atoms with van der Waals surface area (Å²) in [7, 11) is -3.90. The summed E-state index contributed by atoms with van der Waals surface area (Å²) in [6, 6.07) is 9.94. The number of sulfone groups is 1. The average Bonchev–Trinajstić information content (AvgIpc) is 3.38. The van der Waals surface area contributed by atoms with E-state index >= 15 is 0 Å². The zero-order valence-electron chi connectivity index (χ0n) is 16.2. The molecule has 0 N–H and O–H groups in total. The van der Waals surface area contributed by atoms with E-state index in [1.54, 1.807) is 46.2 Å². The molecule has 0 atom stereocenters. The Morgan fingerprint density at radius 2 is 1.76 bits per heavy atom. The molecule has 3 heterocycles. The first-order chi connectivity index (χ1) is 13.9. The summed E-state index contributed by atoms with van der Waals surface area (Å²) in [5, 5.41) is -0.149. The Morgan fingerprint density at radius 3 is 2.34 bits per heavy atom. The number of furan rings is 1. The highest BCUT2D eigenvalue weighted by molar-refractivity contribution is 7.91. The minimum atomic E-state index is -3.90. The van der Waals surface area contributed by atoms with Crippen LogP contribution in [-0.4, -0.2) is 50.4 Å². The van der Waals surface area contributed by atoms with Crippen molar-refractivity contribution in [2.75, 3.05) is 31.1 Å². The van der Waals surface area contributed by atoms with Gasteiger partial charge in [-0.15, -0.1) is 0 Å². The van der Waals surface area contributed by atoms with Crippen molar-refractivity contribution in [3.63, 3.8) is 0 Å². The van der Waals surface area contributed by atoms with E-state index in [-0.39, 0.29) is 27.6 Å². The number of oxazole rings is 1. The number of amides is 1. The predicted octanol–water partition coefficient (Wildman–Crippen LogP) is 2.74. The van der Waals surface area contributed by atoms with Crippen LogP contribution in [0, 0.1) is 6.92 Å². The Kier molecular flexibility index (Phi) is 4.91. The Labute approximate surface area is 168 Å². The molecule has 1 saturated heterocycles. The number of anilines is 1. The molecule has 1 aliphatic rings. The Morgan fingerprint density at radius 1 is 1.07 bits per heavy atom. The van der Waals surface area contributed by atoms with Gasteiger partial charge in [0, 0.05) is 33.1 Å². The molecule has 3 aromatic rings. The highest BCUT2D eigenvalue weighted by Crippen LogP contribution is 2.35. The van der Waals surface area contributed by atoms with Crippen molar-refractivity contribution in [1.82, 2.24) is 9.88 Å². The fraction of sp³-hybridized carbons (Fsp3) is 0.300. The van der Waals surface area contributed by atoms with Gasteiger partial charge in [-0.2, -0.15) is 4.98 Å². The van der Waals surface area contributed by atoms with E-state index < -0.39 is 9.84 Å². The van der Waals surface area contributed by atoms with E-state index in [4.69, 9.17) is 8.83 Å². The van der Waals surface area contributed by atoms with Gasteiger partial charge in [0.2, 0.25) is 26.7 Å². The van der Waals surface area contributed by atoms with Gasteiger partial charge >= 0.3 is 0 Å². The number of aryl methyl sites for hydroxylation is 1. The van der Waals surface area contributed by atoms with Gasteiger partial charge < -0.3 is 18.6 Å². The fourth-order valence-electron chi connectivity index (χ4n) is 3.23. The lowest BCUT2D eigenvalue weighted by molar-refractivity contribution is -0.129. The Bertz CT molecular complexity index is 1110. The lowest BCUT2D eigenvalue weighted by atomic mass is 10.2. The second kappa shape index (κ2) is 7.40. The summed E-state index contributed by atoms with van der Waals surface area (Å²) in [5.74, 6) is 0.606.